The minimum absolute atomic E-state index is 0.682. The predicted octanol–water partition coefficient (Wildman–Crippen LogP) is 2.34. The molecule has 0 atom stereocenters. The van der Waals surface area contributed by atoms with Gasteiger partial charge in [0.1, 0.15) is 0 Å². The Kier molecular flexibility index (Phi) is 1.49. The zero-order valence-electron chi connectivity index (χ0n) is 7.05. The standard InChI is InChI=1S/C9H9N3S/c1-2-7(1)12-5-3-10-8(12)9-11-4-6-13-9/h3-7H,1-2H2. The third kappa shape index (κ3) is 1.18. The first-order valence-electron chi connectivity index (χ1n) is 4.38. The van der Waals surface area contributed by atoms with E-state index < -0.39 is 0 Å². The summed E-state index contributed by atoms with van der Waals surface area (Å²) in [6.45, 7) is 0. The van der Waals surface area contributed by atoms with E-state index in [0.717, 1.165) is 10.8 Å². The fraction of sp³-hybridized carbons (Fsp3) is 0.333. The lowest BCUT2D eigenvalue weighted by Gasteiger charge is -2.01. The van der Waals surface area contributed by atoms with Crippen molar-refractivity contribution >= 4 is 11.3 Å². The summed E-state index contributed by atoms with van der Waals surface area (Å²) in [4.78, 5) is 8.60. The molecule has 3 nitrogen and oxygen atoms in total. The summed E-state index contributed by atoms with van der Waals surface area (Å²) in [6.07, 6.45) is 8.30. The van der Waals surface area contributed by atoms with Crippen molar-refractivity contribution in [2.24, 2.45) is 0 Å². The van der Waals surface area contributed by atoms with E-state index in [1.807, 2.05) is 17.8 Å². The van der Waals surface area contributed by atoms with E-state index >= 15 is 0 Å². The Bertz CT molecular complexity index is 400. The van der Waals surface area contributed by atoms with Crippen LogP contribution >= 0.6 is 11.3 Å². The SMILES string of the molecule is c1csc(-c2nccn2C2CC2)n1. The van der Waals surface area contributed by atoms with Crippen LogP contribution in [0.1, 0.15) is 18.9 Å². The van der Waals surface area contributed by atoms with E-state index in [9.17, 15) is 0 Å². The highest BCUT2D eigenvalue weighted by Crippen LogP contribution is 2.37. The Morgan fingerprint density at radius 3 is 2.92 bits per heavy atom. The monoisotopic (exact) mass is 191 g/mol. The maximum absolute atomic E-state index is 4.33. The van der Waals surface area contributed by atoms with Crippen molar-refractivity contribution in [3.63, 3.8) is 0 Å². The summed E-state index contributed by atoms with van der Waals surface area (Å²) in [6, 6.07) is 0.682. The van der Waals surface area contributed by atoms with Crippen molar-refractivity contribution < 1.29 is 0 Å². The first-order valence-corrected chi connectivity index (χ1v) is 5.26. The van der Waals surface area contributed by atoms with Crippen LogP contribution in [0.15, 0.2) is 24.0 Å². The molecule has 1 aliphatic carbocycles. The molecular formula is C9H9N3S. The molecule has 2 heterocycles. The van der Waals surface area contributed by atoms with Crippen LogP contribution in [0, 0.1) is 0 Å². The Morgan fingerprint density at radius 2 is 2.23 bits per heavy atom. The van der Waals surface area contributed by atoms with Crippen LogP contribution in [0.25, 0.3) is 10.8 Å². The second-order valence-electron chi connectivity index (χ2n) is 3.23. The van der Waals surface area contributed by atoms with E-state index in [1.165, 1.54) is 12.8 Å². The number of hydrogen-bond acceptors (Lipinski definition) is 3. The number of nitrogens with zero attached hydrogens (tertiary/aromatic N) is 3. The second-order valence-corrected chi connectivity index (χ2v) is 4.12. The third-order valence-corrected chi connectivity index (χ3v) is 3.00. The second kappa shape index (κ2) is 2.67. The number of aromatic nitrogens is 3. The average Bonchev–Trinajstić information content (AvgIpc) is 2.72. The molecular weight excluding hydrogens is 182 g/mol. The van der Waals surface area contributed by atoms with Crippen LogP contribution in [0.5, 0.6) is 0 Å². The highest BCUT2D eigenvalue weighted by atomic mass is 32.1. The molecule has 0 spiro atoms. The molecule has 66 valence electrons. The Labute approximate surface area is 80.1 Å². The molecule has 2 aromatic heterocycles. The fourth-order valence-electron chi connectivity index (χ4n) is 1.46. The highest BCUT2D eigenvalue weighted by Gasteiger charge is 2.26. The van der Waals surface area contributed by atoms with Crippen molar-refractivity contribution in [1.82, 2.24) is 14.5 Å². The molecule has 0 amide bonds. The topological polar surface area (TPSA) is 30.7 Å². The predicted molar refractivity (Wildman–Crippen MR) is 51.6 cm³/mol. The molecule has 0 radical (unpaired) electrons. The Hall–Kier alpha value is -1.16. The van der Waals surface area contributed by atoms with Crippen molar-refractivity contribution in [2.45, 2.75) is 18.9 Å². The van der Waals surface area contributed by atoms with Gasteiger partial charge in [0.05, 0.1) is 0 Å². The Balaban J connectivity index is 2.08. The molecule has 0 saturated heterocycles. The number of hydrogen-bond donors (Lipinski definition) is 0. The van der Waals surface area contributed by atoms with E-state index in [4.69, 9.17) is 0 Å². The number of thiazole rings is 1. The van der Waals surface area contributed by atoms with Gasteiger partial charge in [-0.15, -0.1) is 11.3 Å². The van der Waals surface area contributed by atoms with Gasteiger partial charge in [0.25, 0.3) is 0 Å². The van der Waals surface area contributed by atoms with Crippen molar-refractivity contribution in [3.8, 4) is 10.8 Å². The maximum atomic E-state index is 4.33. The van der Waals surface area contributed by atoms with Crippen molar-refractivity contribution in [2.75, 3.05) is 0 Å². The van der Waals surface area contributed by atoms with Gasteiger partial charge in [0.15, 0.2) is 10.8 Å². The van der Waals surface area contributed by atoms with Gasteiger partial charge in [-0.05, 0) is 12.8 Å². The van der Waals surface area contributed by atoms with Crippen LogP contribution in [0.2, 0.25) is 0 Å². The quantitative estimate of drug-likeness (QED) is 0.729. The van der Waals surface area contributed by atoms with Gasteiger partial charge < -0.3 is 4.57 Å². The van der Waals surface area contributed by atoms with E-state index in [2.05, 4.69) is 20.7 Å². The minimum atomic E-state index is 0.682. The van der Waals surface area contributed by atoms with Crippen molar-refractivity contribution in [3.05, 3.63) is 24.0 Å². The molecule has 0 unspecified atom stereocenters. The van der Waals surface area contributed by atoms with Gasteiger partial charge in [-0.25, -0.2) is 9.97 Å². The summed E-state index contributed by atoms with van der Waals surface area (Å²) in [5.41, 5.74) is 0. The van der Waals surface area contributed by atoms with E-state index in [0.29, 0.717) is 6.04 Å². The van der Waals surface area contributed by atoms with Crippen molar-refractivity contribution in [1.29, 1.82) is 0 Å². The third-order valence-electron chi connectivity index (χ3n) is 2.23. The summed E-state index contributed by atoms with van der Waals surface area (Å²) >= 11 is 1.65. The number of imidazole rings is 1. The zero-order valence-corrected chi connectivity index (χ0v) is 7.87. The molecule has 3 rings (SSSR count). The summed E-state index contributed by atoms with van der Waals surface area (Å²) in [7, 11) is 0. The lowest BCUT2D eigenvalue weighted by atomic mass is 10.5. The minimum Gasteiger partial charge on any atom is -0.326 e. The van der Waals surface area contributed by atoms with E-state index in [1.54, 1.807) is 11.3 Å². The largest absolute Gasteiger partial charge is 0.326 e. The summed E-state index contributed by atoms with van der Waals surface area (Å²) < 4.78 is 2.23. The number of rotatable bonds is 2. The molecule has 2 aromatic rings. The first kappa shape index (κ1) is 7.26. The van der Waals surface area contributed by atoms with Gasteiger partial charge >= 0.3 is 0 Å². The zero-order chi connectivity index (χ0) is 8.67. The molecule has 0 N–H and O–H groups in total. The molecule has 0 aliphatic heterocycles. The molecule has 4 heteroatoms. The van der Waals surface area contributed by atoms with Crippen LogP contribution in [-0.4, -0.2) is 14.5 Å². The molecule has 1 aliphatic rings. The van der Waals surface area contributed by atoms with Gasteiger partial charge in [-0.3, -0.25) is 0 Å². The molecule has 0 aromatic carbocycles. The maximum Gasteiger partial charge on any atom is 0.169 e. The van der Waals surface area contributed by atoms with Gasteiger partial charge in [-0.1, -0.05) is 0 Å². The van der Waals surface area contributed by atoms with Gasteiger partial charge in [0, 0.05) is 30.0 Å². The van der Waals surface area contributed by atoms with Crippen LogP contribution in [0.3, 0.4) is 0 Å². The van der Waals surface area contributed by atoms with Crippen LogP contribution in [-0.2, 0) is 0 Å². The normalized spacial score (nSPS) is 16.3. The smallest absolute Gasteiger partial charge is 0.169 e. The molecule has 1 saturated carbocycles. The van der Waals surface area contributed by atoms with E-state index in [-0.39, 0.29) is 0 Å². The Morgan fingerprint density at radius 1 is 1.31 bits per heavy atom. The van der Waals surface area contributed by atoms with Gasteiger partial charge in [-0.2, -0.15) is 0 Å². The first-order chi connectivity index (χ1) is 6.45. The van der Waals surface area contributed by atoms with Gasteiger partial charge in [0.2, 0.25) is 0 Å². The fourth-order valence-corrected chi connectivity index (χ4v) is 2.10. The summed E-state index contributed by atoms with van der Waals surface area (Å²) in [5.74, 6) is 1.03. The summed E-state index contributed by atoms with van der Waals surface area (Å²) in [5, 5.41) is 3.01. The molecule has 0 bridgehead atoms. The molecule has 13 heavy (non-hydrogen) atoms. The highest BCUT2D eigenvalue weighted by molar-refractivity contribution is 7.13. The lowest BCUT2D eigenvalue weighted by molar-refractivity contribution is 0.749. The lowest BCUT2D eigenvalue weighted by Crippen LogP contribution is -1.94. The van der Waals surface area contributed by atoms with Crippen LogP contribution < -0.4 is 0 Å². The average molecular weight is 191 g/mol. The molecule has 1 fully saturated rings. The van der Waals surface area contributed by atoms with Crippen LogP contribution in [0.4, 0.5) is 0 Å².